The topological polar surface area (TPSA) is 70.7 Å². The van der Waals surface area contributed by atoms with E-state index in [9.17, 15) is 14.8 Å². The van der Waals surface area contributed by atoms with E-state index in [2.05, 4.69) is 0 Å². The third kappa shape index (κ3) is 2.54. The van der Waals surface area contributed by atoms with Crippen LogP contribution in [0.3, 0.4) is 0 Å². The highest BCUT2D eigenvalue weighted by molar-refractivity contribution is 7.37. The van der Waals surface area contributed by atoms with Crippen molar-refractivity contribution in [3.8, 4) is 22.6 Å². The van der Waals surface area contributed by atoms with Gasteiger partial charge in [0.15, 0.2) is 5.58 Å². The standard InChI is InChI=1S/C18H11O4P.H3P/c19-11-8-9-16(20)15(10-11)14-6-3-5-13-12-4-1-2-7-17(12)22-23(21)18(13)14;/h1-10H,(H-,19,20,21);1H3/p+1. The van der Waals surface area contributed by atoms with Gasteiger partial charge >= 0.3 is 7.65 Å². The first kappa shape index (κ1) is 16.4. The van der Waals surface area contributed by atoms with E-state index in [0.717, 1.165) is 10.8 Å². The Kier molecular flexibility index (Phi) is 4.28. The first-order valence-electron chi connectivity index (χ1n) is 7.05. The number of benzene rings is 3. The number of rotatable bonds is 1. The summed E-state index contributed by atoms with van der Waals surface area (Å²) < 4.78 is 18.2. The van der Waals surface area contributed by atoms with Gasteiger partial charge in [-0.05, 0) is 41.0 Å². The molecule has 0 fully saturated rings. The fourth-order valence-electron chi connectivity index (χ4n) is 2.82. The summed E-state index contributed by atoms with van der Waals surface area (Å²) >= 11 is 0. The molecule has 0 spiro atoms. The predicted octanol–water partition coefficient (Wildman–Crippen LogP) is 5.46. The van der Waals surface area contributed by atoms with E-state index < -0.39 is 7.65 Å². The number of hydrogen-bond acceptors (Lipinski definition) is 4. The molecule has 3 aromatic carbocycles. The summed E-state index contributed by atoms with van der Waals surface area (Å²) in [7, 11) is -2.10. The van der Waals surface area contributed by atoms with Crippen molar-refractivity contribution >= 4 is 39.0 Å². The molecule has 120 valence electrons. The molecule has 4 aromatic rings. The Balaban J connectivity index is 0.00000169. The van der Waals surface area contributed by atoms with Gasteiger partial charge in [-0.1, -0.05) is 24.3 Å². The average molecular weight is 357 g/mol. The maximum atomic E-state index is 12.6. The zero-order valence-electron chi connectivity index (χ0n) is 12.6. The third-order valence-electron chi connectivity index (χ3n) is 3.85. The molecule has 0 aliphatic heterocycles. The van der Waals surface area contributed by atoms with Gasteiger partial charge in [-0.25, -0.2) is 4.20 Å². The second-order valence-electron chi connectivity index (χ2n) is 5.25. The van der Waals surface area contributed by atoms with E-state index in [1.807, 2.05) is 30.3 Å². The Morgan fingerprint density at radius 1 is 0.833 bits per heavy atom. The van der Waals surface area contributed by atoms with Gasteiger partial charge in [0.1, 0.15) is 11.5 Å². The van der Waals surface area contributed by atoms with Gasteiger partial charge in [0.25, 0.3) is 0 Å². The molecule has 0 aliphatic carbocycles. The quantitative estimate of drug-likeness (QED) is 0.269. The number of phenolic OH excluding ortho intramolecular Hbond substituents is 2. The molecule has 2 unspecified atom stereocenters. The van der Waals surface area contributed by atoms with E-state index >= 15 is 0 Å². The number of phenols is 2. The van der Waals surface area contributed by atoms with Gasteiger partial charge in [-0.2, -0.15) is 9.90 Å². The van der Waals surface area contributed by atoms with Crippen LogP contribution in [-0.4, -0.2) is 10.2 Å². The first-order chi connectivity index (χ1) is 11.1. The van der Waals surface area contributed by atoms with Gasteiger partial charge in [-0.15, -0.1) is 0 Å². The second kappa shape index (κ2) is 6.24. The maximum absolute atomic E-state index is 12.6. The SMILES string of the molecule is O=[p+]1oc2ccccc2c2cccc(-c3cc(O)ccc3O)c21.P. The van der Waals surface area contributed by atoms with Gasteiger partial charge in [0.2, 0.25) is 5.12 Å². The molecule has 0 radical (unpaired) electrons. The monoisotopic (exact) mass is 357 g/mol. The summed E-state index contributed by atoms with van der Waals surface area (Å²) in [4.78, 5) is 0. The van der Waals surface area contributed by atoms with Crippen LogP contribution in [0, 0.1) is 0 Å². The fourth-order valence-corrected chi connectivity index (χ4v) is 4.03. The van der Waals surface area contributed by atoms with Crippen molar-refractivity contribution in [2.24, 2.45) is 0 Å². The normalized spacial score (nSPS) is 11.4. The van der Waals surface area contributed by atoms with Gasteiger partial charge in [-0.3, -0.25) is 0 Å². The molecule has 0 amide bonds. The van der Waals surface area contributed by atoms with Crippen LogP contribution < -0.4 is 0 Å². The Hall–Kier alpha value is -2.41. The molecular weight excluding hydrogens is 342 g/mol. The smallest absolute Gasteiger partial charge is 0.508 e. The van der Waals surface area contributed by atoms with E-state index in [4.69, 9.17) is 4.20 Å². The molecule has 1 aromatic heterocycles. The lowest BCUT2D eigenvalue weighted by atomic mass is 10.0. The summed E-state index contributed by atoms with van der Waals surface area (Å²) in [5, 5.41) is 22.0. The van der Waals surface area contributed by atoms with Crippen LogP contribution >= 0.6 is 17.6 Å². The minimum Gasteiger partial charge on any atom is -0.508 e. The van der Waals surface area contributed by atoms with Crippen LogP contribution in [0.1, 0.15) is 0 Å². The summed E-state index contributed by atoms with van der Waals surface area (Å²) in [5.74, 6) is 0.0428. The Morgan fingerprint density at radius 2 is 1.58 bits per heavy atom. The van der Waals surface area contributed by atoms with Crippen molar-refractivity contribution in [1.82, 2.24) is 0 Å². The van der Waals surface area contributed by atoms with Crippen molar-refractivity contribution < 1.29 is 19.0 Å². The van der Waals surface area contributed by atoms with Crippen molar-refractivity contribution in [3.05, 3.63) is 60.7 Å². The second-order valence-corrected chi connectivity index (χ2v) is 6.39. The fraction of sp³-hybridized carbons (Fsp3) is 0. The van der Waals surface area contributed by atoms with E-state index in [0.29, 0.717) is 21.8 Å². The zero-order valence-corrected chi connectivity index (χ0v) is 14.9. The minimum atomic E-state index is -2.10. The Labute approximate surface area is 141 Å². The van der Waals surface area contributed by atoms with Crippen LogP contribution in [-0.2, 0) is 4.57 Å². The molecule has 0 aliphatic rings. The van der Waals surface area contributed by atoms with Crippen molar-refractivity contribution in [2.45, 2.75) is 0 Å². The Bertz CT molecular complexity index is 1120. The van der Waals surface area contributed by atoms with E-state index in [1.54, 1.807) is 12.1 Å². The van der Waals surface area contributed by atoms with Crippen LogP contribution in [0.4, 0.5) is 0 Å². The van der Waals surface area contributed by atoms with E-state index in [1.165, 1.54) is 18.2 Å². The molecule has 0 bridgehead atoms. The molecule has 6 heteroatoms. The molecule has 1 heterocycles. The molecule has 2 N–H and O–H groups in total. The summed E-state index contributed by atoms with van der Waals surface area (Å²) in [6.45, 7) is 0. The van der Waals surface area contributed by atoms with E-state index in [-0.39, 0.29) is 21.4 Å². The van der Waals surface area contributed by atoms with Gasteiger partial charge in [0, 0.05) is 21.9 Å². The number of fused-ring (bicyclic) bond motifs is 3. The first-order valence-corrected chi connectivity index (χ1v) is 8.23. The van der Waals surface area contributed by atoms with Crippen LogP contribution in [0.25, 0.3) is 32.6 Å². The molecule has 24 heavy (non-hydrogen) atoms. The predicted molar refractivity (Wildman–Crippen MR) is 101 cm³/mol. The highest BCUT2D eigenvalue weighted by atomic mass is 31.1. The Morgan fingerprint density at radius 3 is 2.42 bits per heavy atom. The molecule has 4 rings (SSSR count). The summed E-state index contributed by atoms with van der Waals surface area (Å²) in [5.41, 5.74) is 1.60. The van der Waals surface area contributed by atoms with Crippen molar-refractivity contribution in [1.29, 1.82) is 0 Å². The van der Waals surface area contributed by atoms with Crippen molar-refractivity contribution in [2.75, 3.05) is 0 Å². The summed E-state index contributed by atoms with van der Waals surface area (Å²) in [6.07, 6.45) is 0. The van der Waals surface area contributed by atoms with Crippen LogP contribution in [0.15, 0.2) is 64.9 Å². The van der Waals surface area contributed by atoms with Crippen LogP contribution in [0.2, 0.25) is 0 Å². The molecular formula is C18H15O4P2+. The molecule has 0 saturated carbocycles. The lowest BCUT2D eigenvalue weighted by molar-refractivity contribution is 0.462. The average Bonchev–Trinajstić information content (AvgIpc) is 2.57. The number of hydrogen-bond donors (Lipinski definition) is 2. The molecule has 0 saturated heterocycles. The lowest BCUT2D eigenvalue weighted by Gasteiger charge is -2.06. The summed E-state index contributed by atoms with van der Waals surface area (Å²) in [6, 6.07) is 17.2. The highest BCUT2D eigenvalue weighted by Gasteiger charge is 2.22. The number of aromatic hydroxyl groups is 2. The third-order valence-corrected chi connectivity index (χ3v) is 5.06. The maximum Gasteiger partial charge on any atom is 0.598 e. The van der Waals surface area contributed by atoms with Crippen molar-refractivity contribution in [3.63, 3.8) is 0 Å². The largest absolute Gasteiger partial charge is 0.598 e. The number of para-hydroxylation sites is 1. The van der Waals surface area contributed by atoms with Crippen LogP contribution in [0.5, 0.6) is 11.5 Å². The molecule has 2 atom stereocenters. The minimum absolute atomic E-state index is 0. The molecule has 4 nitrogen and oxygen atoms in total. The zero-order chi connectivity index (χ0) is 16.0. The van der Waals surface area contributed by atoms with Gasteiger partial charge in [0.05, 0.1) is 0 Å². The highest BCUT2D eigenvalue weighted by Crippen LogP contribution is 2.44. The lowest BCUT2D eigenvalue weighted by Crippen LogP contribution is -1.83. The van der Waals surface area contributed by atoms with Gasteiger partial charge < -0.3 is 10.2 Å².